The van der Waals surface area contributed by atoms with Gasteiger partial charge in [0.25, 0.3) is 0 Å². The second kappa shape index (κ2) is 4.65. The molecule has 0 radical (unpaired) electrons. The molecule has 1 nitrogen and oxygen atoms in total. The molecule has 2 aliphatic heterocycles. The summed E-state index contributed by atoms with van der Waals surface area (Å²) in [4.78, 5) is 2.86. The van der Waals surface area contributed by atoms with Crippen molar-refractivity contribution in [1.82, 2.24) is 4.90 Å². The fraction of sp³-hybridized carbons (Fsp3) is 1.00. The average Bonchev–Trinajstić information content (AvgIpc) is 2.59. The predicted molar refractivity (Wildman–Crippen MR) is 61.5 cm³/mol. The quantitative estimate of drug-likeness (QED) is 0.665. The summed E-state index contributed by atoms with van der Waals surface area (Å²) in [5.41, 5.74) is 0. The summed E-state index contributed by atoms with van der Waals surface area (Å²) < 4.78 is 0. The molecule has 82 valence electrons. The Hall–Kier alpha value is -0.0400. The molecule has 0 spiro atoms. The Balaban J connectivity index is 1.92. The van der Waals surface area contributed by atoms with E-state index in [0.717, 1.165) is 18.1 Å². The molecule has 0 bridgehead atoms. The fourth-order valence-electron chi connectivity index (χ4n) is 3.53. The van der Waals surface area contributed by atoms with Crippen molar-refractivity contribution in [1.29, 1.82) is 0 Å². The van der Waals surface area contributed by atoms with E-state index >= 15 is 0 Å². The number of nitrogens with zero attached hydrogens (tertiary/aromatic N) is 1. The first kappa shape index (κ1) is 10.5. The smallest absolute Gasteiger partial charge is 0.0102 e. The highest BCUT2D eigenvalue weighted by molar-refractivity contribution is 4.93. The average molecular weight is 195 g/mol. The van der Waals surface area contributed by atoms with Crippen molar-refractivity contribution in [2.24, 2.45) is 0 Å². The minimum Gasteiger partial charge on any atom is -0.295 e. The van der Waals surface area contributed by atoms with Crippen LogP contribution in [0.15, 0.2) is 0 Å². The molecular formula is C13H25N. The van der Waals surface area contributed by atoms with E-state index in [1.807, 2.05) is 0 Å². The molecule has 0 N–H and O–H groups in total. The topological polar surface area (TPSA) is 3.24 Å². The summed E-state index contributed by atoms with van der Waals surface area (Å²) in [7, 11) is 0. The van der Waals surface area contributed by atoms with E-state index < -0.39 is 0 Å². The van der Waals surface area contributed by atoms with Gasteiger partial charge in [-0.3, -0.25) is 4.90 Å². The van der Waals surface area contributed by atoms with Crippen molar-refractivity contribution < 1.29 is 0 Å². The zero-order valence-electron chi connectivity index (χ0n) is 9.84. The van der Waals surface area contributed by atoms with Crippen LogP contribution < -0.4 is 0 Å². The number of fused-ring (bicyclic) bond motifs is 1. The molecule has 0 unspecified atom stereocenters. The Morgan fingerprint density at radius 3 is 2.79 bits per heavy atom. The normalized spacial score (nSPS) is 38.6. The number of rotatable bonds is 3. The van der Waals surface area contributed by atoms with E-state index in [9.17, 15) is 0 Å². The standard InChI is InChI=1S/C13H25N/c1-3-4-7-12-9-10-13-8-5-6-11(2)14(12)13/h11-13H,3-10H2,1-2H3/t11-,12+,13-/m0/s1. The summed E-state index contributed by atoms with van der Waals surface area (Å²) in [6, 6.07) is 2.77. The van der Waals surface area contributed by atoms with Crippen molar-refractivity contribution in [3.05, 3.63) is 0 Å². The Morgan fingerprint density at radius 2 is 2.00 bits per heavy atom. The Labute approximate surface area is 88.9 Å². The number of unbranched alkanes of at least 4 members (excludes halogenated alkanes) is 1. The van der Waals surface area contributed by atoms with Crippen LogP contribution in [0, 0.1) is 0 Å². The van der Waals surface area contributed by atoms with Gasteiger partial charge in [0.2, 0.25) is 0 Å². The van der Waals surface area contributed by atoms with Gasteiger partial charge in [0.15, 0.2) is 0 Å². The van der Waals surface area contributed by atoms with Gasteiger partial charge in [-0.25, -0.2) is 0 Å². The summed E-state index contributed by atoms with van der Waals surface area (Å²) in [6.07, 6.45) is 11.6. The van der Waals surface area contributed by atoms with E-state index in [1.54, 1.807) is 0 Å². The van der Waals surface area contributed by atoms with Crippen LogP contribution >= 0.6 is 0 Å². The van der Waals surface area contributed by atoms with Gasteiger partial charge < -0.3 is 0 Å². The van der Waals surface area contributed by atoms with Gasteiger partial charge in [-0.1, -0.05) is 26.2 Å². The van der Waals surface area contributed by atoms with E-state index in [-0.39, 0.29) is 0 Å². The highest BCUT2D eigenvalue weighted by atomic mass is 15.2. The highest BCUT2D eigenvalue weighted by Gasteiger charge is 2.37. The van der Waals surface area contributed by atoms with Gasteiger partial charge >= 0.3 is 0 Å². The lowest BCUT2D eigenvalue weighted by Gasteiger charge is -2.39. The van der Waals surface area contributed by atoms with Gasteiger partial charge in [-0.05, 0) is 39.0 Å². The van der Waals surface area contributed by atoms with Crippen LogP contribution in [0.2, 0.25) is 0 Å². The maximum Gasteiger partial charge on any atom is 0.0102 e. The SMILES string of the molecule is CCCC[C@@H]1CC[C@@H]2CCC[C@H](C)N12. The van der Waals surface area contributed by atoms with Crippen molar-refractivity contribution in [3.8, 4) is 0 Å². The Bertz CT molecular complexity index is 178. The molecule has 0 aliphatic carbocycles. The van der Waals surface area contributed by atoms with Crippen LogP contribution in [0.5, 0.6) is 0 Å². The molecule has 3 atom stereocenters. The molecule has 2 rings (SSSR count). The van der Waals surface area contributed by atoms with Gasteiger partial charge in [-0.15, -0.1) is 0 Å². The highest BCUT2D eigenvalue weighted by Crippen LogP contribution is 2.36. The number of piperidine rings is 1. The molecule has 0 aromatic heterocycles. The Kier molecular flexibility index (Phi) is 3.48. The lowest BCUT2D eigenvalue weighted by atomic mass is 9.97. The molecule has 2 saturated heterocycles. The van der Waals surface area contributed by atoms with Gasteiger partial charge in [0.05, 0.1) is 0 Å². The lowest BCUT2D eigenvalue weighted by Crippen LogP contribution is -2.45. The van der Waals surface area contributed by atoms with E-state index in [1.165, 1.54) is 51.4 Å². The second-order valence-electron chi connectivity index (χ2n) is 5.25. The second-order valence-corrected chi connectivity index (χ2v) is 5.25. The van der Waals surface area contributed by atoms with Crippen LogP contribution in [0.1, 0.15) is 65.2 Å². The molecule has 0 aromatic rings. The van der Waals surface area contributed by atoms with E-state index in [0.29, 0.717) is 0 Å². The van der Waals surface area contributed by atoms with Crippen molar-refractivity contribution in [2.45, 2.75) is 83.3 Å². The summed E-state index contributed by atoms with van der Waals surface area (Å²) in [5.74, 6) is 0. The van der Waals surface area contributed by atoms with Crippen LogP contribution in [-0.2, 0) is 0 Å². The van der Waals surface area contributed by atoms with Crippen LogP contribution in [0.3, 0.4) is 0 Å². The van der Waals surface area contributed by atoms with Gasteiger partial charge in [0.1, 0.15) is 0 Å². The molecule has 2 heterocycles. The molecule has 2 fully saturated rings. The minimum atomic E-state index is 0.873. The maximum atomic E-state index is 2.86. The maximum absolute atomic E-state index is 2.86. The van der Waals surface area contributed by atoms with E-state index in [4.69, 9.17) is 0 Å². The van der Waals surface area contributed by atoms with Crippen LogP contribution in [-0.4, -0.2) is 23.0 Å². The number of hydrogen-bond acceptors (Lipinski definition) is 1. The summed E-state index contributed by atoms with van der Waals surface area (Å²) in [5, 5.41) is 0. The molecule has 14 heavy (non-hydrogen) atoms. The third-order valence-corrected chi connectivity index (χ3v) is 4.24. The van der Waals surface area contributed by atoms with Crippen molar-refractivity contribution >= 4 is 0 Å². The minimum absolute atomic E-state index is 0.873. The van der Waals surface area contributed by atoms with Crippen molar-refractivity contribution in [2.75, 3.05) is 0 Å². The van der Waals surface area contributed by atoms with Crippen molar-refractivity contribution in [3.63, 3.8) is 0 Å². The monoisotopic (exact) mass is 195 g/mol. The molecule has 0 saturated carbocycles. The largest absolute Gasteiger partial charge is 0.295 e. The first-order valence-electron chi connectivity index (χ1n) is 6.60. The summed E-state index contributed by atoms with van der Waals surface area (Å²) in [6.45, 7) is 4.75. The zero-order valence-corrected chi connectivity index (χ0v) is 9.84. The molecule has 1 heteroatoms. The molecule has 0 aromatic carbocycles. The van der Waals surface area contributed by atoms with Gasteiger partial charge in [0, 0.05) is 18.1 Å². The third-order valence-electron chi connectivity index (χ3n) is 4.24. The predicted octanol–water partition coefficient (Wildman–Crippen LogP) is 3.58. The fourth-order valence-corrected chi connectivity index (χ4v) is 3.53. The van der Waals surface area contributed by atoms with E-state index in [2.05, 4.69) is 18.7 Å². The third kappa shape index (κ3) is 1.98. The molecular weight excluding hydrogens is 170 g/mol. The van der Waals surface area contributed by atoms with Crippen LogP contribution in [0.25, 0.3) is 0 Å². The first-order valence-corrected chi connectivity index (χ1v) is 6.60. The number of hydrogen-bond donors (Lipinski definition) is 0. The van der Waals surface area contributed by atoms with Crippen LogP contribution in [0.4, 0.5) is 0 Å². The lowest BCUT2D eigenvalue weighted by molar-refractivity contribution is 0.0875. The Morgan fingerprint density at radius 1 is 1.14 bits per heavy atom. The zero-order chi connectivity index (χ0) is 9.97. The molecule has 0 amide bonds. The summed E-state index contributed by atoms with van der Waals surface area (Å²) >= 11 is 0. The first-order chi connectivity index (χ1) is 6.83. The van der Waals surface area contributed by atoms with Gasteiger partial charge in [-0.2, -0.15) is 0 Å². The molecule has 2 aliphatic rings.